The zero-order valence-electron chi connectivity index (χ0n) is 10.0. The Balaban J connectivity index is 0.00000120. The van der Waals surface area contributed by atoms with E-state index < -0.39 is 0 Å². The first-order valence-electron chi connectivity index (χ1n) is 6.03. The van der Waals surface area contributed by atoms with Crippen LogP contribution in [0.1, 0.15) is 24.6 Å². The second-order valence-corrected chi connectivity index (χ2v) is 4.35. The molecule has 0 spiro atoms. The van der Waals surface area contributed by atoms with Crippen molar-refractivity contribution in [2.45, 2.75) is 18.8 Å². The van der Waals surface area contributed by atoms with Gasteiger partial charge in [0.2, 0.25) is 0 Å². The molecule has 1 aromatic heterocycles. The molecule has 0 saturated carbocycles. The van der Waals surface area contributed by atoms with Gasteiger partial charge in [0, 0.05) is 11.5 Å². The number of halogens is 1. The van der Waals surface area contributed by atoms with Crippen LogP contribution >= 0.6 is 12.4 Å². The summed E-state index contributed by atoms with van der Waals surface area (Å²) in [4.78, 5) is 4.50. The molecule has 1 saturated heterocycles. The molecule has 96 valence electrons. The van der Waals surface area contributed by atoms with Gasteiger partial charge in [-0.2, -0.15) is 4.98 Å². The fourth-order valence-corrected chi connectivity index (χ4v) is 2.18. The minimum Gasteiger partial charge on any atom is -0.334 e. The normalized spacial score (nSPS) is 16.2. The Morgan fingerprint density at radius 2 is 1.83 bits per heavy atom. The highest BCUT2D eigenvalue weighted by Gasteiger charge is 2.20. The molecule has 4 nitrogen and oxygen atoms in total. The molecule has 1 aliphatic rings. The molecular weight excluding hydrogens is 250 g/mol. The van der Waals surface area contributed by atoms with E-state index in [1.165, 1.54) is 0 Å². The predicted octanol–water partition coefficient (Wildman–Crippen LogP) is 2.63. The molecule has 0 amide bonds. The van der Waals surface area contributed by atoms with Gasteiger partial charge in [0.1, 0.15) is 0 Å². The summed E-state index contributed by atoms with van der Waals surface area (Å²) in [5, 5.41) is 7.44. The van der Waals surface area contributed by atoms with Crippen molar-refractivity contribution in [1.82, 2.24) is 15.5 Å². The summed E-state index contributed by atoms with van der Waals surface area (Å²) in [5.74, 6) is 1.92. The van der Waals surface area contributed by atoms with Crippen LogP contribution in [0.25, 0.3) is 11.5 Å². The van der Waals surface area contributed by atoms with E-state index in [-0.39, 0.29) is 12.4 Å². The number of hydrogen-bond donors (Lipinski definition) is 1. The molecule has 3 rings (SSSR count). The lowest BCUT2D eigenvalue weighted by Crippen LogP contribution is -2.27. The van der Waals surface area contributed by atoms with Gasteiger partial charge in [-0.1, -0.05) is 23.4 Å². The molecule has 0 unspecified atom stereocenters. The average Bonchev–Trinajstić information content (AvgIpc) is 2.90. The standard InChI is InChI=1S/C13H15N3O.ClH/c1-2-4-11(5-3-1)13-15-12(16-17-13)10-6-8-14-9-7-10;/h1-5,10,14H,6-9H2;1H. The monoisotopic (exact) mass is 265 g/mol. The highest BCUT2D eigenvalue weighted by molar-refractivity contribution is 5.85. The first kappa shape index (κ1) is 13.1. The third-order valence-electron chi connectivity index (χ3n) is 3.17. The van der Waals surface area contributed by atoms with E-state index in [4.69, 9.17) is 4.52 Å². The number of benzene rings is 1. The minimum atomic E-state index is 0. The van der Waals surface area contributed by atoms with E-state index in [1.54, 1.807) is 0 Å². The Kier molecular flexibility index (Phi) is 4.33. The second-order valence-electron chi connectivity index (χ2n) is 4.35. The van der Waals surface area contributed by atoms with Crippen LogP contribution in [-0.4, -0.2) is 23.2 Å². The second kappa shape index (κ2) is 5.98. The van der Waals surface area contributed by atoms with E-state index >= 15 is 0 Å². The van der Waals surface area contributed by atoms with Crippen LogP contribution in [0.2, 0.25) is 0 Å². The van der Waals surface area contributed by atoms with Gasteiger partial charge in [0.25, 0.3) is 5.89 Å². The van der Waals surface area contributed by atoms with Gasteiger partial charge in [-0.3, -0.25) is 0 Å². The SMILES string of the molecule is Cl.c1ccc(-c2nc(C3CCNCC3)no2)cc1. The largest absolute Gasteiger partial charge is 0.334 e. The molecule has 2 heterocycles. The van der Waals surface area contributed by atoms with Crippen molar-refractivity contribution in [3.05, 3.63) is 36.2 Å². The zero-order chi connectivity index (χ0) is 11.5. The maximum atomic E-state index is 5.32. The van der Waals surface area contributed by atoms with Crippen molar-refractivity contribution < 1.29 is 4.52 Å². The van der Waals surface area contributed by atoms with Crippen LogP contribution in [-0.2, 0) is 0 Å². The molecule has 1 aliphatic heterocycles. The third-order valence-corrected chi connectivity index (χ3v) is 3.17. The summed E-state index contributed by atoms with van der Waals surface area (Å²) >= 11 is 0. The Morgan fingerprint density at radius 1 is 1.11 bits per heavy atom. The number of nitrogens with one attached hydrogen (secondary N) is 1. The third kappa shape index (κ3) is 2.71. The first-order valence-corrected chi connectivity index (χ1v) is 6.03. The van der Waals surface area contributed by atoms with Gasteiger partial charge >= 0.3 is 0 Å². The number of aromatic nitrogens is 2. The molecule has 18 heavy (non-hydrogen) atoms. The zero-order valence-corrected chi connectivity index (χ0v) is 10.8. The van der Waals surface area contributed by atoms with E-state index in [9.17, 15) is 0 Å². The Morgan fingerprint density at radius 3 is 2.56 bits per heavy atom. The van der Waals surface area contributed by atoms with E-state index in [0.29, 0.717) is 11.8 Å². The topological polar surface area (TPSA) is 51.0 Å². The Bertz CT molecular complexity index is 480. The molecule has 1 aromatic carbocycles. The highest BCUT2D eigenvalue weighted by Crippen LogP contribution is 2.25. The van der Waals surface area contributed by atoms with Crippen LogP contribution in [0.15, 0.2) is 34.9 Å². The summed E-state index contributed by atoms with van der Waals surface area (Å²) in [6, 6.07) is 9.90. The van der Waals surface area contributed by atoms with Crippen LogP contribution in [0.4, 0.5) is 0 Å². The van der Waals surface area contributed by atoms with Gasteiger partial charge in [-0.15, -0.1) is 12.4 Å². The molecule has 0 atom stereocenters. The first-order chi connectivity index (χ1) is 8.43. The Labute approximate surface area is 112 Å². The molecular formula is C13H16ClN3O. The molecule has 5 heteroatoms. The molecule has 0 aliphatic carbocycles. The molecule has 2 aromatic rings. The summed E-state index contributed by atoms with van der Waals surface area (Å²) < 4.78 is 5.32. The van der Waals surface area contributed by atoms with E-state index in [2.05, 4.69) is 15.5 Å². The van der Waals surface area contributed by atoms with Gasteiger partial charge < -0.3 is 9.84 Å². The van der Waals surface area contributed by atoms with Crippen LogP contribution in [0.5, 0.6) is 0 Å². The predicted molar refractivity (Wildman–Crippen MR) is 71.8 cm³/mol. The smallest absolute Gasteiger partial charge is 0.257 e. The van der Waals surface area contributed by atoms with Crippen LogP contribution in [0.3, 0.4) is 0 Å². The van der Waals surface area contributed by atoms with Crippen LogP contribution in [0, 0.1) is 0 Å². The van der Waals surface area contributed by atoms with Crippen molar-refractivity contribution in [2.75, 3.05) is 13.1 Å². The maximum absolute atomic E-state index is 5.32. The summed E-state index contributed by atoms with van der Waals surface area (Å²) in [7, 11) is 0. The quantitative estimate of drug-likeness (QED) is 0.907. The van der Waals surface area contributed by atoms with Gasteiger partial charge in [0.15, 0.2) is 5.82 Å². The lowest BCUT2D eigenvalue weighted by Gasteiger charge is -2.18. The lowest BCUT2D eigenvalue weighted by molar-refractivity contribution is 0.392. The molecule has 1 fully saturated rings. The molecule has 1 N–H and O–H groups in total. The van der Waals surface area contributed by atoms with Gasteiger partial charge in [0.05, 0.1) is 0 Å². The summed E-state index contributed by atoms with van der Waals surface area (Å²) in [6.07, 6.45) is 2.18. The van der Waals surface area contributed by atoms with Crippen molar-refractivity contribution in [3.8, 4) is 11.5 Å². The number of rotatable bonds is 2. The Hall–Kier alpha value is -1.39. The summed E-state index contributed by atoms with van der Waals surface area (Å²) in [5.41, 5.74) is 0.986. The van der Waals surface area contributed by atoms with Gasteiger partial charge in [-0.05, 0) is 38.1 Å². The van der Waals surface area contributed by atoms with E-state index in [1.807, 2.05) is 30.3 Å². The number of hydrogen-bond acceptors (Lipinski definition) is 4. The maximum Gasteiger partial charge on any atom is 0.257 e. The van der Waals surface area contributed by atoms with Crippen LogP contribution < -0.4 is 5.32 Å². The van der Waals surface area contributed by atoms with Crippen molar-refractivity contribution >= 4 is 12.4 Å². The van der Waals surface area contributed by atoms with Crippen molar-refractivity contribution in [3.63, 3.8) is 0 Å². The lowest BCUT2D eigenvalue weighted by atomic mass is 9.98. The highest BCUT2D eigenvalue weighted by atomic mass is 35.5. The average molecular weight is 266 g/mol. The number of piperidine rings is 1. The van der Waals surface area contributed by atoms with Crippen molar-refractivity contribution in [1.29, 1.82) is 0 Å². The van der Waals surface area contributed by atoms with Gasteiger partial charge in [-0.25, -0.2) is 0 Å². The van der Waals surface area contributed by atoms with E-state index in [0.717, 1.165) is 37.3 Å². The van der Waals surface area contributed by atoms with Crippen molar-refractivity contribution in [2.24, 2.45) is 0 Å². The fraction of sp³-hybridized carbons (Fsp3) is 0.385. The number of nitrogens with zero attached hydrogens (tertiary/aromatic N) is 2. The molecule has 0 radical (unpaired) electrons. The molecule has 0 bridgehead atoms. The fourth-order valence-electron chi connectivity index (χ4n) is 2.18. The minimum absolute atomic E-state index is 0. The summed E-state index contributed by atoms with van der Waals surface area (Å²) in [6.45, 7) is 2.08.